The molecule has 1 unspecified atom stereocenters. The van der Waals surface area contributed by atoms with Gasteiger partial charge in [-0.25, -0.2) is 4.98 Å². The van der Waals surface area contributed by atoms with Gasteiger partial charge in [0.25, 0.3) is 5.91 Å². The van der Waals surface area contributed by atoms with Gasteiger partial charge in [0.1, 0.15) is 10.8 Å². The fraction of sp³-hybridized carbons (Fsp3) is 0.455. The minimum Gasteiger partial charge on any atom is -0.346 e. The lowest BCUT2D eigenvalue weighted by Gasteiger charge is -2.29. The quantitative estimate of drug-likeness (QED) is 0.847. The number of piperidine rings is 1. The summed E-state index contributed by atoms with van der Waals surface area (Å²) in [6, 6.07) is -0.0546. The highest BCUT2D eigenvalue weighted by atomic mass is 35.5. The Balaban J connectivity index is 1.98. The minimum atomic E-state index is -0.322. The van der Waals surface area contributed by atoms with Crippen LogP contribution in [0.5, 0.6) is 0 Å². The van der Waals surface area contributed by atoms with E-state index in [2.05, 4.69) is 15.3 Å². The van der Waals surface area contributed by atoms with Crippen LogP contribution in [0.15, 0.2) is 12.4 Å². The average molecular weight is 269 g/mol. The summed E-state index contributed by atoms with van der Waals surface area (Å²) in [5.41, 5.74) is 0.182. The Labute approximate surface area is 109 Å². The normalized spacial score (nSPS) is 19.8. The van der Waals surface area contributed by atoms with E-state index >= 15 is 0 Å². The number of nitrogens with one attached hydrogen (secondary N) is 1. The van der Waals surface area contributed by atoms with Crippen LogP contribution in [0.4, 0.5) is 0 Å². The Morgan fingerprint density at radius 3 is 3.00 bits per heavy atom. The molecule has 1 aromatic rings. The van der Waals surface area contributed by atoms with Gasteiger partial charge < -0.3 is 10.2 Å². The second-order valence-corrected chi connectivity index (χ2v) is 4.60. The summed E-state index contributed by atoms with van der Waals surface area (Å²) in [5.74, 6) is -0.221. The molecule has 2 rings (SSSR count). The molecule has 1 fully saturated rings. The van der Waals surface area contributed by atoms with Crippen molar-refractivity contribution in [3.05, 3.63) is 23.2 Å². The van der Waals surface area contributed by atoms with Crippen molar-refractivity contribution in [2.45, 2.75) is 18.9 Å². The van der Waals surface area contributed by atoms with Gasteiger partial charge in [-0.2, -0.15) is 0 Å². The molecule has 0 spiro atoms. The molecule has 2 heterocycles. The Hall–Kier alpha value is -1.69. The summed E-state index contributed by atoms with van der Waals surface area (Å²) in [4.78, 5) is 32.5. The number of likely N-dealkylation sites (N-methyl/N-ethyl adjacent to an activating group) is 1. The van der Waals surface area contributed by atoms with Gasteiger partial charge in [0.2, 0.25) is 5.91 Å². The molecule has 1 aliphatic heterocycles. The summed E-state index contributed by atoms with van der Waals surface area (Å²) >= 11 is 5.67. The maximum absolute atomic E-state index is 11.9. The first-order chi connectivity index (χ1) is 8.56. The van der Waals surface area contributed by atoms with Crippen LogP contribution in [-0.4, -0.2) is 46.3 Å². The average Bonchev–Trinajstić information content (AvgIpc) is 2.34. The van der Waals surface area contributed by atoms with Gasteiger partial charge in [0.05, 0.1) is 12.4 Å². The van der Waals surface area contributed by atoms with Gasteiger partial charge in [-0.05, 0) is 6.42 Å². The van der Waals surface area contributed by atoms with Crippen LogP contribution < -0.4 is 5.32 Å². The monoisotopic (exact) mass is 268 g/mol. The number of hydrogen-bond acceptors (Lipinski definition) is 4. The minimum absolute atomic E-state index is 0.0546. The molecular formula is C11H13ClN4O2. The second-order valence-electron chi connectivity index (χ2n) is 4.21. The molecule has 96 valence electrons. The molecule has 0 saturated carbocycles. The molecule has 1 aliphatic rings. The summed E-state index contributed by atoms with van der Waals surface area (Å²) in [6.45, 7) is 0.512. The first kappa shape index (κ1) is 12.8. The predicted molar refractivity (Wildman–Crippen MR) is 65.2 cm³/mol. The zero-order valence-corrected chi connectivity index (χ0v) is 10.6. The Morgan fingerprint density at radius 1 is 1.56 bits per heavy atom. The molecule has 0 radical (unpaired) electrons. The molecule has 0 aliphatic carbocycles. The SMILES string of the molecule is CN1CC(NC(=O)c2cncc(Cl)n2)CCC1=O. The fourth-order valence-corrected chi connectivity index (χ4v) is 1.99. The van der Waals surface area contributed by atoms with Crippen molar-refractivity contribution in [2.24, 2.45) is 0 Å². The lowest BCUT2D eigenvalue weighted by atomic mass is 10.1. The summed E-state index contributed by atoms with van der Waals surface area (Å²) in [5, 5.41) is 3.00. The number of nitrogens with zero attached hydrogens (tertiary/aromatic N) is 3. The molecule has 1 atom stereocenters. The van der Waals surface area contributed by atoms with Gasteiger partial charge in [0.15, 0.2) is 0 Å². The lowest BCUT2D eigenvalue weighted by Crippen LogP contribution is -2.48. The highest BCUT2D eigenvalue weighted by Gasteiger charge is 2.24. The highest BCUT2D eigenvalue weighted by molar-refractivity contribution is 6.29. The molecule has 2 amide bonds. The molecular weight excluding hydrogens is 256 g/mol. The Kier molecular flexibility index (Phi) is 3.76. The van der Waals surface area contributed by atoms with Crippen LogP contribution in [0.2, 0.25) is 5.15 Å². The standard InChI is InChI=1S/C11H13ClN4O2/c1-16-6-7(2-3-10(16)17)14-11(18)8-4-13-5-9(12)15-8/h4-5,7H,2-3,6H2,1H3,(H,14,18). The summed E-state index contributed by atoms with van der Waals surface area (Å²) < 4.78 is 0. The largest absolute Gasteiger partial charge is 0.346 e. The van der Waals surface area contributed by atoms with Crippen LogP contribution in [-0.2, 0) is 4.79 Å². The molecule has 1 saturated heterocycles. The fourth-order valence-electron chi connectivity index (χ4n) is 1.84. The second kappa shape index (κ2) is 5.30. The van der Waals surface area contributed by atoms with Crippen molar-refractivity contribution >= 4 is 23.4 Å². The van der Waals surface area contributed by atoms with E-state index < -0.39 is 0 Å². The van der Waals surface area contributed by atoms with Crippen LogP contribution in [0.3, 0.4) is 0 Å². The van der Waals surface area contributed by atoms with Gasteiger partial charge in [-0.3, -0.25) is 14.6 Å². The van der Waals surface area contributed by atoms with Crippen molar-refractivity contribution in [3.8, 4) is 0 Å². The predicted octanol–water partition coefficient (Wildman–Crippen LogP) is 0.481. The van der Waals surface area contributed by atoms with Gasteiger partial charge in [-0.1, -0.05) is 11.6 Å². The third kappa shape index (κ3) is 2.95. The number of halogens is 1. The van der Waals surface area contributed by atoms with Crippen LogP contribution in [0.1, 0.15) is 23.3 Å². The van der Waals surface area contributed by atoms with Crippen molar-refractivity contribution in [2.75, 3.05) is 13.6 Å². The van der Waals surface area contributed by atoms with Crippen LogP contribution in [0, 0.1) is 0 Å². The lowest BCUT2D eigenvalue weighted by molar-refractivity contribution is -0.132. The zero-order chi connectivity index (χ0) is 13.1. The van der Waals surface area contributed by atoms with E-state index in [0.29, 0.717) is 19.4 Å². The smallest absolute Gasteiger partial charge is 0.271 e. The van der Waals surface area contributed by atoms with Gasteiger partial charge in [0, 0.05) is 26.1 Å². The molecule has 6 nitrogen and oxygen atoms in total. The maximum atomic E-state index is 11.9. The molecule has 0 aromatic carbocycles. The number of carbonyl (C=O) groups is 2. The zero-order valence-electron chi connectivity index (χ0n) is 9.89. The van der Waals surface area contributed by atoms with Crippen molar-refractivity contribution in [1.29, 1.82) is 0 Å². The molecule has 1 aromatic heterocycles. The molecule has 0 bridgehead atoms. The first-order valence-electron chi connectivity index (χ1n) is 5.58. The number of rotatable bonds is 2. The van der Waals surface area contributed by atoms with E-state index in [0.717, 1.165) is 0 Å². The topological polar surface area (TPSA) is 75.2 Å². The number of aromatic nitrogens is 2. The number of likely N-dealkylation sites (tertiary alicyclic amines) is 1. The van der Waals surface area contributed by atoms with E-state index in [4.69, 9.17) is 11.6 Å². The van der Waals surface area contributed by atoms with E-state index in [9.17, 15) is 9.59 Å². The van der Waals surface area contributed by atoms with Crippen molar-refractivity contribution < 1.29 is 9.59 Å². The third-order valence-electron chi connectivity index (χ3n) is 2.80. The maximum Gasteiger partial charge on any atom is 0.271 e. The van der Waals surface area contributed by atoms with Crippen molar-refractivity contribution in [1.82, 2.24) is 20.2 Å². The number of hydrogen-bond donors (Lipinski definition) is 1. The number of carbonyl (C=O) groups excluding carboxylic acids is 2. The van der Waals surface area contributed by atoms with Gasteiger partial charge >= 0.3 is 0 Å². The van der Waals surface area contributed by atoms with Crippen LogP contribution in [0.25, 0.3) is 0 Å². The first-order valence-corrected chi connectivity index (χ1v) is 5.96. The van der Waals surface area contributed by atoms with Gasteiger partial charge in [-0.15, -0.1) is 0 Å². The van der Waals surface area contributed by atoms with E-state index in [1.54, 1.807) is 11.9 Å². The van der Waals surface area contributed by atoms with Crippen molar-refractivity contribution in [3.63, 3.8) is 0 Å². The Bertz CT molecular complexity index is 480. The molecule has 18 heavy (non-hydrogen) atoms. The summed E-state index contributed by atoms with van der Waals surface area (Å²) in [7, 11) is 1.72. The van der Waals surface area contributed by atoms with E-state index in [1.807, 2.05) is 0 Å². The highest BCUT2D eigenvalue weighted by Crippen LogP contribution is 2.10. The summed E-state index contributed by atoms with van der Waals surface area (Å²) in [6.07, 6.45) is 3.82. The van der Waals surface area contributed by atoms with E-state index in [1.165, 1.54) is 12.4 Å². The van der Waals surface area contributed by atoms with E-state index in [-0.39, 0.29) is 28.7 Å². The Morgan fingerprint density at radius 2 is 2.33 bits per heavy atom. The number of amides is 2. The van der Waals surface area contributed by atoms with Crippen LogP contribution >= 0.6 is 11.6 Å². The molecule has 1 N–H and O–H groups in total. The third-order valence-corrected chi connectivity index (χ3v) is 2.98. The molecule has 7 heteroatoms.